The van der Waals surface area contributed by atoms with Crippen LogP contribution in [-0.4, -0.2) is 19.2 Å². The van der Waals surface area contributed by atoms with Crippen LogP contribution >= 0.6 is 0 Å². The standard InChI is InChI=1S/C7H12O4/c1-4-9-7(8)6(3)11-10-5-2/h3-5H2,1-2H3. The quantitative estimate of drug-likeness (QED) is 0.198. The Labute approximate surface area is 65.7 Å². The minimum atomic E-state index is -0.596. The first kappa shape index (κ1) is 9.97. The first-order chi connectivity index (χ1) is 5.22. The normalized spacial score (nSPS) is 8.91. The highest BCUT2D eigenvalue weighted by molar-refractivity contribution is 5.85. The van der Waals surface area contributed by atoms with Gasteiger partial charge in [-0.2, -0.15) is 4.89 Å². The van der Waals surface area contributed by atoms with Crippen LogP contribution in [0.4, 0.5) is 0 Å². The van der Waals surface area contributed by atoms with E-state index in [1.165, 1.54) is 0 Å². The molecule has 0 spiro atoms. The Bertz CT molecular complexity index is 141. The van der Waals surface area contributed by atoms with Crippen LogP contribution in [0, 0.1) is 0 Å². The molecule has 0 saturated heterocycles. The van der Waals surface area contributed by atoms with Gasteiger partial charge >= 0.3 is 5.97 Å². The van der Waals surface area contributed by atoms with Gasteiger partial charge in [-0.25, -0.2) is 4.79 Å². The number of carbonyl (C=O) groups excluding carboxylic acids is 1. The number of hydrogen-bond donors (Lipinski definition) is 0. The molecule has 11 heavy (non-hydrogen) atoms. The van der Waals surface area contributed by atoms with E-state index in [0.717, 1.165) is 0 Å². The van der Waals surface area contributed by atoms with Crippen LogP contribution in [0.25, 0.3) is 0 Å². The van der Waals surface area contributed by atoms with Crippen molar-refractivity contribution in [2.45, 2.75) is 13.8 Å². The maximum Gasteiger partial charge on any atom is 0.377 e. The Morgan fingerprint density at radius 3 is 2.45 bits per heavy atom. The third-order valence-electron chi connectivity index (χ3n) is 0.780. The highest BCUT2D eigenvalue weighted by Gasteiger charge is 2.09. The zero-order chi connectivity index (χ0) is 8.69. The van der Waals surface area contributed by atoms with Gasteiger partial charge in [-0.15, -0.1) is 0 Å². The van der Waals surface area contributed by atoms with E-state index < -0.39 is 5.97 Å². The number of carbonyl (C=O) groups is 1. The lowest BCUT2D eigenvalue weighted by atomic mass is 10.6. The molecule has 0 aliphatic heterocycles. The summed E-state index contributed by atoms with van der Waals surface area (Å²) in [5, 5.41) is 0. The van der Waals surface area contributed by atoms with Crippen molar-refractivity contribution in [3.8, 4) is 0 Å². The SMILES string of the molecule is C=C(OOCC)C(=O)OCC. The van der Waals surface area contributed by atoms with Gasteiger partial charge in [0.1, 0.15) is 0 Å². The number of hydrogen-bond acceptors (Lipinski definition) is 4. The fraction of sp³-hybridized carbons (Fsp3) is 0.571. The summed E-state index contributed by atoms with van der Waals surface area (Å²) in [7, 11) is 0. The second-order valence-electron chi connectivity index (χ2n) is 1.63. The second kappa shape index (κ2) is 5.73. The summed E-state index contributed by atoms with van der Waals surface area (Å²) in [5.74, 6) is -0.727. The molecule has 0 fully saturated rings. The maximum atomic E-state index is 10.7. The Morgan fingerprint density at radius 1 is 1.36 bits per heavy atom. The van der Waals surface area contributed by atoms with Crippen molar-refractivity contribution in [3.05, 3.63) is 12.3 Å². The number of esters is 1. The predicted molar refractivity (Wildman–Crippen MR) is 38.5 cm³/mol. The molecular formula is C7H12O4. The van der Waals surface area contributed by atoms with Gasteiger partial charge in [0.05, 0.1) is 13.2 Å². The smallest absolute Gasteiger partial charge is 0.377 e. The molecule has 0 amide bonds. The topological polar surface area (TPSA) is 44.8 Å². The monoisotopic (exact) mass is 160 g/mol. The average Bonchev–Trinajstić information content (AvgIpc) is 2.00. The molecule has 0 aromatic rings. The van der Waals surface area contributed by atoms with E-state index >= 15 is 0 Å². The van der Waals surface area contributed by atoms with Crippen molar-refractivity contribution in [1.82, 2.24) is 0 Å². The average molecular weight is 160 g/mol. The molecule has 4 nitrogen and oxygen atoms in total. The van der Waals surface area contributed by atoms with Crippen LogP contribution in [0.1, 0.15) is 13.8 Å². The Balaban J connectivity index is 3.56. The van der Waals surface area contributed by atoms with Gasteiger partial charge in [0.15, 0.2) is 0 Å². The molecule has 64 valence electrons. The van der Waals surface area contributed by atoms with Gasteiger partial charge < -0.3 is 9.62 Å². The molecule has 0 aliphatic rings. The summed E-state index contributed by atoms with van der Waals surface area (Å²) in [6, 6.07) is 0. The molecular weight excluding hydrogens is 148 g/mol. The van der Waals surface area contributed by atoms with Gasteiger partial charge in [0, 0.05) is 0 Å². The molecule has 0 saturated carbocycles. The van der Waals surface area contributed by atoms with Crippen molar-refractivity contribution in [1.29, 1.82) is 0 Å². The minimum absolute atomic E-state index is 0.131. The lowest BCUT2D eigenvalue weighted by Gasteiger charge is -2.04. The van der Waals surface area contributed by atoms with Crippen molar-refractivity contribution < 1.29 is 19.3 Å². The van der Waals surface area contributed by atoms with Gasteiger partial charge in [-0.1, -0.05) is 0 Å². The highest BCUT2D eigenvalue weighted by Crippen LogP contribution is 1.97. The molecule has 0 aromatic heterocycles. The Hall–Kier alpha value is -1.03. The molecule has 0 unspecified atom stereocenters. The fourth-order valence-corrected chi connectivity index (χ4v) is 0.376. The second-order valence-corrected chi connectivity index (χ2v) is 1.63. The summed E-state index contributed by atoms with van der Waals surface area (Å²) < 4.78 is 4.56. The van der Waals surface area contributed by atoms with Crippen LogP contribution in [0.5, 0.6) is 0 Å². The van der Waals surface area contributed by atoms with E-state index in [4.69, 9.17) is 0 Å². The molecule has 0 radical (unpaired) electrons. The van der Waals surface area contributed by atoms with Crippen LogP contribution in [0.2, 0.25) is 0 Å². The van der Waals surface area contributed by atoms with Crippen LogP contribution < -0.4 is 0 Å². The summed E-state index contributed by atoms with van der Waals surface area (Å²) in [6.07, 6.45) is 0. The third-order valence-corrected chi connectivity index (χ3v) is 0.780. The van der Waals surface area contributed by atoms with Crippen molar-refractivity contribution >= 4 is 5.97 Å². The van der Waals surface area contributed by atoms with Gasteiger partial charge in [0.25, 0.3) is 0 Å². The number of rotatable bonds is 5. The summed E-state index contributed by atoms with van der Waals surface area (Å²) >= 11 is 0. The van der Waals surface area contributed by atoms with Gasteiger partial charge in [-0.3, -0.25) is 0 Å². The summed E-state index contributed by atoms with van der Waals surface area (Å²) in [5.41, 5.74) is 0. The minimum Gasteiger partial charge on any atom is -0.460 e. The van der Waals surface area contributed by atoms with E-state index in [0.29, 0.717) is 13.2 Å². The molecule has 0 aromatic carbocycles. The van der Waals surface area contributed by atoms with E-state index in [9.17, 15) is 4.79 Å². The van der Waals surface area contributed by atoms with Crippen molar-refractivity contribution in [2.24, 2.45) is 0 Å². The first-order valence-electron chi connectivity index (χ1n) is 3.37. The zero-order valence-electron chi connectivity index (χ0n) is 6.75. The van der Waals surface area contributed by atoms with Crippen molar-refractivity contribution in [2.75, 3.05) is 13.2 Å². The largest absolute Gasteiger partial charge is 0.460 e. The molecule has 4 heteroatoms. The predicted octanol–water partition coefficient (Wildman–Crippen LogP) is 1.03. The fourth-order valence-electron chi connectivity index (χ4n) is 0.376. The molecule has 0 heterocycles. The molecule has 0 N–H and O–H groups in total. The van der Waals surface area contributed by atoms with Crippen LogP contribution in [0.3, 0.4) is 0 Å². The van der Waals surface area contributed by atoms with Crippen molar-refractivity contribution in [3.63, 3.8) is 0 Å². The third kappa shape index (κ3) is 4.38. The first-order valence-corrected chi connectivity index (χ1v) is 3.37. The molecule has 0 bridgehead atoms. The molecule has 0 aliphatic carbocycles. The van der Waals surface area contributed by atoms with E-state index in [1.54, 1.807) is 13.8 Å². The lowest BCUT2D eigenvalue weighted by molar-refractivity contribution is -0.259. The van der Waals surface area contributed by atoms with Gasteiger partial charge in [-0.05, 0) is 20.4 Å². The van der Waals surface area contributed by atoms with Gasteiger partial charge in [0.2, 0.25) is 5.76 Å². The zero-order valence-corrected chi connectivity index (χ0v) is 6.75. The van der Waals surface area contributed by atoms with E-state index in [-0.39, 0.29) is 5.76 Å². The highest BCUT2D eigenvalue weighted by atomic mass is 17.2. The van der Waals surface area contributed by atoms with E-state index in [2.05, 4.69) is 21.1 Å². The van der Waals surface area contributed by atoms with E-state index in [1.807, 2.05) is 0 Å². The maximum absolute atomic E-state index is 10.7. The lowest BCUT2D eigenvalue weighted by Crippen LogP contribution is -2.09. The van der Waals surface area contributed by atoms with Crippen LogP contribution in [-0.2, 0) is 19.3 Å². The molecule has 0 atom stereocenters. The van der Waals surface area contributed by atoms with Crippen LogP contribution in [0.15, 0.2) is 12.3 Å². The number of ether oxygens (including phenoxy) is 1. The summed E-state index contributed by atoms with van der Waals surface area (Å²) in [4.78, 5) is 19.6. The Morgan fingerprint density at radius 2 is 2.00 bits per heavy atom. The Kier molecular flexibility index (Phi) is 5.20. The summed E-state index contributed by atoms with van der Waals surface area (Å²) in [6.45, 7) is 7.38. The molecule has 0 rings (SSSR count).